The number of hydrogen-bond acceptors (Lipinski definition) is 8. The Labute approximate surface area is 290 Å². The second-order valence-corrected chi connectivity index (χ2v) is 20.9. The number of carbonyl (C=O) groups is 1. The largest absolute Gasteiger partial charge is 0.444 e. The summed E-state index contributed by atoms with van der Waals surface area (Å²) in [5.74, 6) is -0.469. The SMILES string of the molecule is CC(C)c1nccc(CCCO[Si](C)(C)C(C)(C)C)c1-n1c(=O)nc(N2C[C@@H](C)N(C(=O)OC(C)(C)C)C[C@@H]2C)c2cc(F)c(Cl)nc21. The zero-order chi connectivity index (χ0) is 35.9. The first kappa shape index (κ1) is 37.7. The lowest BCUT2D eigenvalue weighted by Gasteiger charge is -2.44. The highest BCUT2D eigenvalue weighted by atomic mass is 35.5. The molecule has 1 aliphatic rings. The van der Waals surface area contributed by atoms with E-state index in [1.807, 2.05) is 59.4 Å². The van der Waals surface area contributed by atoms with Crippen molar-refractivity contribution in [1.29, 1.82) is 0 Å². The van der Waals surface area contributed by atoms with Gasteiger partial charge in [0.05, 0.1) is 16.8 Å². The quantitative estimate of drug-likeness (QED) is 0.133. The summed E-state index contributed by atoms with van der Waals surface area (Å²) in [6.45, 7) is 25.7. The van der Waals surface area contributed by atoms with Crippen molar-refractivity contribution in [3.63, 3.8) is 0 Å². The summed E-state index contributed by atoms with van der Waals surface area (Å²) in [5, 5.41) is 0.0901. The van der Waals surface area contributed by atoms with Crippen LogP contribution in [-0.4, -0.2) is 76.2 Å². The van der Waals surface area contributed by atoms with E-state index in [9.17, 15) is 9.59 Å². The Bertz CT molecular complexity index is 1720. The molecule has 10 nitrogen and oxygen atoms in total. The Morgan fingerprint density at radius 3 is 2.38 bits per heavy atom. The zero-order valence-electron chi connectivity index (χ0n) is 30.6. The first-order valence-corrected chi connectivity index (χ1v) is 20.1. The van der Waals surface area contributed by atoms with Crippen molar-refractivity contribution >= 4 is 42.9 Å². The average molecular weight is 703 g/mol. The van der Waals surface area contributed by atoms with Gasteiger partial charge in [-0.25, -0.2) is 23.5 Å². The van der Waals surface area contributed by atoms with Gasteiger partial charge in [0.2, 0.25) is 0 Å². The number of anilines is 1. The molecular weight excluding hydrogens is 651 g/mol. The Kier molecular flexibility index (Phi) is 11.0. The molecule has 4 rings (SSSR count). The highest BCUT2D eigenvalue weighted by Crippen LogP contribution is 2.37. The van der Waals surface area contributed by atoms with Crippen LogP contribution >= 0.6 is 11.6 Å². The first-order valence-electron chi connectivity index (χ1n) is 16.8. The van der Waals surface area contributed by atoms with Gasteiger partial charge in [0.25, 0.3) is 0 Å². The first-order chi connectivity index (χ1) is 22.1. The van der Waals surface area contributed by atoms with Crippen LogP contribution in [0.25, 0.3) is 16.7 Å². The van der Waals surface area contributed by atoms with Crippen LogP contribution in [0.1, 0.15) is 92.8 Å². The molecule has 48 heavy (non-hydrogen) atoms. The van der Waals surface area contributed by atoms with Crippen molar-refractivity contribution in [3.05, 3.63) is 51.0 Å². The third-order valence-corrected chi connectivity index (χ3v) is 14.1. The van der Waals surface area contributed by atoms with Gasteiger partial charge in [0.15, 0.2) is 24.9 Å². The molecule has 3 aromatic rings. The van der Waals surface area contributed by atoms with Gasteiger partial charge >= 0.3 is 11.8 Å². The summed E-state index contributed by atoms with van der Waals surface area (Å²) in [6.07, 6.45) is 2.71. The fourth-order valence-electron chi connectivity index (χ4n) is 5.70. The molecule has 0 saturated carbocycles. The fraction of sp³-hybridized carbons (Fsp3) is 0.629. The number of fused-ring (bicyclic) bond motifs is 1. The van der Waals surface area contributed by atoms with Crippen molar-refractivity contribution in [2.45, 2.75) is 124 Å². The lowest BCUT2D eigenvalue weighted by Crippen LogP contribution is -2.59. The van der Waals surface area contributed by atoms with Crippen LogP contribution in [0.15, 0.2) is 23.1 Å². The topological polar surface area (TPSA) is 103 Å². The maximum atomic E-state index is 15.2. The predicted octanol–water partition coefficient (Wildman–Crippen LogP) is 7.88. The monoisotopic (exact) mass is 702 g/mol. The van der Waals surface area contributed by atoms with Crippen LogP contribution in [-0.2, 0) is 15.6 Å². The van der Waals surface area contributed by atoms with E-state index in [4.69, 9.17) is 20.8 Å². The number of aromatic nitrogens is 4. The minimum Gasteiger partial charge on any atom is -0.444 e. The van der Waals surface area contributed by atoms with E-state index in [2.05, 4.69) is 48.8 Å². The summed E-state index contributed by atoms with van der Waals surface area (Å²) in [4.78, 5) is 44.5. The molecule has 1 fully saturated rings. The summed E-state index contributed by atoms with van der Waals surface area (Å²) in [5.41, 5.74) is 1.15. The normalized spacial score (nSPS) is 17.8. The number of pyridine rings is 2. The molecule has 2 atom stereocenters. The molecule has 4 heterocycles. The van der Waals surface area contributed by atoms with Crippen molar-refractivity contribution in [2.24, 2.45) is 0 Å². The van der Waals surface area contributed by atoms with Crippen LogP contribution in [0, 0.1) is 5.82 Å². The highest BCUT2D eigenvalue weighted by Gasteiger charge is 2.38. The summed E-state index contributed by atoms with van der Waals surface area (Å²) in [7, 11) is -1.93. The Balaban J connectivity index is 1.80. The van der Waals surface area contributed by atoms with Crippen LogP contribution in [0.5, 0.6) is 0 Å². The standard InChI is InChI=1S/C35H52ClFN6O4Si/c1-21(2)27-28(24(15-16-38-27)14-13-17-46-48(11,12)35(8,9)10)43-31-25(18-26(37)29(36)39-31)30(40-32(43)44)41-19-23(4)42(20-22(41)3)33(45)47-34(5,6)7/h15-16,18,21-23H,13-14,17,19-20H2,1-12H3/t22-,23+/m0/s1. The average Bonchev–Trinajstić information content (AvgIpc) is 2.95. The highest BCUT2D eigenvalue weighted by molar-refractivity contribution is 6.74. The number of nitrogens with zero attached hydrogens (tertiary/aromatic N) is 6. The van der Waals surface area contributed by atoms with Gasteiger partial charge in [-0.1, -0.05) is 46.2 Å². The fourth-order valence-corrected chi connectivity index (χ4v) is 6.92. The number of piperazine rings is 1. The smallest absolute Gasteiger partial charge is 0.410 e. The third kappa shape index (κ3) is 8.02. The molecular formula is C35H52ClFN6O4Si. The zero-order valence-corrected chi connectivity index (χ0v) is 32.3. The van der Waals surface area contributed by atoms with Gasteiger partial charge in [0.1, 0.15) is 11.4 Å². The van der Waals surface area contributed by atoms with E-state index in [-0.39, 0.29) is 39.7 Å². The van der Waals surface area contributed by atoms with Crippen LogP contribution in [0.2, 0.25) is 23.3 Å². The van der Waals surface area contributed by atoms with Crippen LogP contribution in [0.4, 0.5) is 15.0 Å². The molecule has 1 aliphatic heterocycles. The molecule has 0 N–H and O–H groups in total. The number of halogens is 2. The van der Waals surface area contributed by atoms with Crippen LogP contribution < -0.4 is 10.6 Å². The minimum absolute atomic E-state index is 0.0391. The number of aryl methyl sites for hydroxylation is 1. The Morgan fingerprint density at radius 2 is 1.77 bits per heavy atom. The second-order valence-electron chi connectivity index (χ2n) is 15.7. The third-order valence-electron chi connectivity index (χ3n) is 9.31. The number of hydrogen-bond donors (Lipinski definition) is 0. The summed E-state index contributed by atoms with van der Waals surface area (Å²) < 4.78 is 28.7. The molecule has 1 saturated heterocycles. The minimum atomic E-state index is -1.93. The molecule has 3 aromatic heterocycles. The van der Waals surface area contributed by atoms with Gasteiger partial charge in [0, 0.05) is 38.0 Å². The van der Waals surface area contributed by atoms with E-state index < -0.39 is 31.5 Å². The van der Waals surface area contributed by atoms with E-state index in [0.29, 0.717) is 42.9 Å². The lowest BCUT2D eigenvalue weighted by molar-refractivity contribution is 0.0130. The molecule has 0 aliphatic carbocycles. The van der Waals surface area contributed by atoms with Crippen molar-refractivity contribution in [3.8, 4) is 5.69 Å². The van der Waals surface area contributed by atoms with Gasteiger partial charge in [-0.05, 0) is 89.2 Å². The number of ether oxygens (including phenoxy) is 1. The van der Waals surface area contributed by atoms with E-state index in [0.717, 1.165) is 12.0 Å². The predicted molar refractivity (Wildman–Crippen MR) is 193 cm³/mol. The maximum Gasteiger partial charge on any atom is 0.410 e. The maximum absolute atomic E-state index is 15.2. The molecule has 0 spiro atoms. The number of rotatable bonds is 8. The Hall–Kier alpha value is -3.09. The summed E-state index contributed by atoms with van der Waals surface area (Å²) >= 11 is 6.30. The van der Waals surface area contributed by atoms with E-state index >= 15 is 4.39 Å². The van der Waals surface area contributed by atoms with Gasteiger partial charge in [-0.15, -0.1) is 0 Å². The van der Waals surface area contributed by atoms with Gasteiger partial charge in [-0.3, -0.25) is 4.98 Å². The van der Waals surface area contributed by atoms with Crippen LogP contribution in [0.3, 0.4) is 0 Å². The van der Waals surface area contributed by atoms with Gasteiger partial charge in [-0.2, -0.15) is 4.98 Å². The van der Waals surface area contributed by atoms with Crippen molar-refractivity contribution < 1.29 is 18.3 Å². The number of carbonyl (C=O) groups excluding carboxylic acids is 1. The number of amides is 1. The molecule has 0 bridgehead atoms. The van der Waals surface area contributed by atoms with Crippen molar-refractivity contribution in [2.75, 3.05) is 24.6 Å². The molecule has 13 heteroatoms. The van der Waals surface area contributed by atoms with E-state index in [1.165, 1.54) is 10.6 Å². The van der Waals surface area contributed by atoms with E-state index in [1.54, 1.807) is 11.1 Å². The molecule has 0 aromatic carbocycles. The lowest BCUT2D eigenvalue weighted by atomic mass is 10.0. The summed E-state index contributed by atoms with van der Waals surface area (Å²) in [6, 6.07) is 2.66. The molecule has 0 unspecified atom stereocenters. The van der Waals surface area contributed by atoms with Crippen molar-refractivity contribution in [1.82, 2.24) is 24.4 Å². The molecule has 0 radical (unpaired) electrons. The molecule has 264 valence electrons. The Morgan fingerprint density at radius 1 is 1.10 bits per heavy atom. The van der Waals surface area contributed by atoms with Gasteiger partial charge < -0.3 is 19.0 Å². The molecule has 1 amide bonds. The second kappa shape index (κ2) is 14.0.